The number of aromatic carboxylic acids is 1. The monoisotopic (exact) mass is 307 g/mol. The maximum atomic E-state index is 12.4. The molecule has 0 amide bonds. The van der Waals surface area contributed by atoms with Gasteiger partial charge in [0, 0.05) is 10.9 Å². The van der Waals surface area contributed by atoms with Crippen molar-refractivity contribution >= 4 is 16.8 Å². The Labute approximate surface area is 125 Å². The molecule has 21 heavy (non-hydrogen) atoms. The molecule has 6 nitrogen and oxygen atoms in total. The van der Waals surface area contributed by atoms with E-state index in [0.717, 1.165) is 0 Å². The van der Waals surface area contributed by atoms with Crippen LogP contribution in [0.3, 0.4) is 0 Å². The van der Waals surface area contributed by atoms with Crippen molar-refractivity contribution in [1.29, 1.82) is 0 Å². The van der Waals surface area contributed by atoms with E-state index < -0.39 is 16.8 Å². The van der Waals surface area contributed by atoms with E-state index in [4.69, 9.17) is 5.11 Å². The molecular formula is C14H17N3O3S. The molecule has 0 aliphatic heterocycles. The molecule has 1 aromatic heterocycles. The second-order valence-corrected chi connectivity index (χ2v) is 6.44. The third-order valence-corrected chi connectivity index (χ3v) is 4.40. The first-order chi connectivity index (χ1) is 9.90. The van der Waals surface area contributed by atoms with Crippen LogP contribution in [0, 0.1) is 6.92 Å². The summed E-state index contributed by atoms with van der Waals surface area (Å²) in [4.78, 5) is 15.7. The van der Waals surface area contributed by atoms with Gasteiger partial charge in [-0.15, -0.1) is 0 Å². The lowest BCUT2D eigenvalue weighted by Crippen LogP contribution is -2.11. The molecule has 2 aromatic rings. The Morgan fingerprint density at radius 2 is 2.14 bits per heavy atom. The lowest BCUT2D eigenvalue weighted by molar-refractivity contribution is 0.0696. The van der Waals surface area contributed by atoms with Gasteiger partial charge in [0.2, 0.25) is 0 Å². The van der Waals surface area contributed by atoms with E-state index in [1.165, 1.54) is 12.4 Å². The minimum absolute atomic E-state index is 0.132. The summed E-state index contributed by atoms with van der Waals surface area (Å²) in [6, 6.07) is 4.95. The van der Waals surface area contributed by atoms with Crippen molar-refractivity contribution in [3.8, 4) is 0 Å². The molecule has 1 N–H and O–H groups in total. The van der Waals surface area contributed by atoms with Gasteiger partial charge in [-0.05, 0) is 38.5 Å². The van der Waals surface area contributed by atoms with Crippen LogP contribution in [-0.4, -0.2) is 30.0 Å². The van der Waals surface area contributed by atoms with Crippen LogP contribution < -0.4 is 0 Å². The van der Waals surface area contributed by atoms with Crippen LogP contribution in [0.25, 0.3) is 0 Å². The van der Waals surface area contributed by atoms with Crippen molar-refractivity contribution in [3.63, 3.8) is 0 Å². The molecule has 1 heterocycles. The summed E-state index contributed by atoms with van der Waals surface area (Å²) in [6.45, 7) is 5.65. The molecule has 112 valence electrons. The van der Waals surface area contributed by atoms with E-state index in [9.17, 15) is 9.00 Å². The summed E-state index contributed by atoms with van der Waals surface area (Å²) in [7, 11) is -1.36. The summed E-state index contributed by atoms with van der Waals surface area (Å²) in [5, 5.41) is 13.2. The number of carbonyl (C=O) groups is 1. The molecule has 0 saturated carbocycles. The van der Waals surface area contributed by atoms with E-state index >= 15 is 0 Å². The molecule has 0 radical (unpaired) electrons. The Morgan fingerprint density at radius 1 is 1.43 bits per heavy atom. The van der Waals surface area contributed by atoms with E-state index in [1.807, 2.05) is 13.8 Å². The average Bonchev–Trinajstić information content (AvgIpc) is 2.87. The van der Waals surface area contributed by atoms with Crippen LogP contribution in [-0.2, 0) is 16.6 Å². The third-order valence-electron chi connectivity index (χ3n) is 3.10. The third kappa shape index (κ3) is 3.36. The molecule has 0 spiro atoms. The lowest BCUT2D eigenvalue weighted by atomic mass is 10.1. The molecule has 0 aliphatic carbocycles. The van der Waals surface area contributed by atoms with Gasteiger partial charge in [0.1, 0.15) is 12.2 Å². The number of nitrogens with zero attached hydrogens (tertiary/aromatic N) is 3. The maximum Gasteiger partial charge on any atom is 0.335 e. The molecule has 0 aliphatic rings. The maximum absolute atomic E-state index is 12.4. The van der Waals surface area contributed by atoms with E-state index in [2.05, 4.69) is 10.1 Å². The second kappa shape index (κ2) is 6.17. The van der Waals surface area contributed by atoms with Crippen molar-refractivity contribution in [1.82, 2.24) is 14.8 Å². The highest BCUT2D eigenvalue weighted by Crippen LogP contribution is 2.17. The molecule has 2 rings (SSSR count). The van der Waals surface area contributed by atoms with E-state index in [-0.39, 0.29) is 17.4 Å². The van der Waals surface area contributed by atoms with Gasteiger partial charge in [0.25, 0.3) is 0 Å². The zero-order chi connectivity index (χ0) is 15.6. The summed E-state index contributed by atoms with van der Waals surface area (Å²) in [6.07, 6.45) is 1.43. The summed E-state index contributed by atoms with van der Waals surface area (Å²) >= 11 is 0. The van der Waals surface area contributed by atoms with Crippen LogP contribution in [0.15, 0.2) is 29.4 Å². The van der Waals surface area contributed by atoms with Gasteiger partial charge in [-0.3, -0.25) is 4.21 Å². The van der Waals surface area contributed by atoms with Crippen molar-refractivity contribution in [3.05, 3.63) is 41.5 Å². The molecule has 1 atom stereocenters. The Balaban J connectivity index is 2.27. The van der Waals surface area contributed by atoms with Crippen molar-refractivity contribution < 1.29 is 14.1 Å². The lowest BCUT2D eigenvalue weighted by Gasteiger charge is -2.10. The number of rotatable bonds is 5. The number of aromatic nitrogens is 3. The predicted molar refractivity (Wildman–Crippen MR) is 78.7 cm³/mol. The Bertz CT molecular complexity index is 695. The summed E-state index contributed by atoms with van der Waals surface area (Å²) < 4.78 is 14.1. The first kappa shape index (κ1) is 15.4. The molecule has 0 bridgehead atoms. The summed E-state index contributed by atoms with van der Waals surface area (Å²) in [5.41, 5.74) is 0.819. The SMILES string of the molecule is Cc1ccc(S(=O)Cc2ncnn2C(C)C)cc1C(=O)O. The zero-order valence-electron chi connectivity index (χ0n) is 12.1. The van der Waals surface area contributed by atoms with Gasteiger partial charge in [0.05, 0.1) is 22.1 Å². The number of hydrogen-bond acceptors (Lipinski definition) is 4. The molecule has 0 fully saturated rings. The van der Waals surface area contributed by atoms with Crippen molar-refractivity contribution in [2.45, 2.75) is 37.5 Å². The molecular weight excluding hydrogens is 290 g/mol. The second-order valence-electron chi connectivity index (χ2n) is 4.99. The fourth-order valence-corrected chi connectivity index (χ4v) is 3.06. The number of aryl methyl sites for hydroxylation is 1. The van der Waals surface area contributed by atoms with Crippen LogP contribution >= 0.6 is 0 Å². The molecule has 7 heteroatoms. The van der Waals surface area contributed by atoms with Crippen LogP contribution in [0.4, 0.5) is 0 Å². The highest BCUT2D eigenvalue weighted by molar-refractivity contribution is 7.84. The van der Waals surface area contributed by atoms with Gasteiger partial charge in [-0.25, -0.2) is 14.5 Å². The van der Waals surface area contributed by atoms with E-state index in [0.29, 0.717) is 16.3 Å². The fraction of sp³-hybridized carbons (Fsp3) is 0.357. The van der Waals surface area contributed by atoms with Crippen LogP contribution in [0.1, 0.15) is 41.6 Å². The average molecular weight is 307 g/mol. The van der Waals surface area contributed by atoms with Crippen LogP contribution in [0.2, 0.25) is 0 Å². The minimum atomic E-state index is -1.36. The largest absolute Gasteiger partial charge is 0.478 e. The molecule has 1 unspecified atom stereocenters. The molecule has 1 aromatic carbocycles. The number of benzene rings is 1. The standard InChI is InChI=1S/C14H17N3O3S/c1-9(2)17-13(15-8-16-17)7-21(20)11-5-4-10(3)12(6-11)14(18)19/h4-6,8-9H,7H2,1-3H3,(H,18,19). The number of carboxylic acids is 1. The van der Waals surface area contributed by atoms with Gasteiger partial charge in [-0.1, -0.05) is 6.07 Å². The number of carboxylic acid groups (broad SMARTS) is 1. The normalized spacial score (nSPS) is 12.6. The topological polar surface area (TPSA) is 85.1 Å². The smallest absolute Gasteiger partial charge is 0.335 e. The Kier molecular flexibility index (Phi) is 4.52. The Morgan fingerprint density at radius 3 is 2.76 bits per heavy atom. The first-order valence-corrected chi connectivity index (χ1v) is 7.82. The minimum Gasteiger partial charge on any atom is -0.478 e. The van der Waals surface area contributed by atoms with Crippen molar-refractivity contribution in [2.24, 2.45) is 0 Å². The Hall–Kier alpha value is -2.02. The zero-order valence-corrected chi connectivity index (χ0v) is 12.9. The van der Waals surface area contributed by atoms with Crippen LogP contribution in [0.5, 0.6) is 0 Å². The van der Waals surface area contributed by atoms with Gasteiger partial charge in [-0.2, -0.15) is 5.10 Å². The van der Waals surface area contributed by atoms with Gasteiger partial charge in [0.15, 0.2) is 0 Å². The van der Waals surface area contributed by atoms with Crippen molar-refractivity contribution in [2.75, 3.05) is 0 Å². The first-order valence-electron chi connectivity index (χ1n) is 6.51. The number of hydrogen-bond donors (Lipinski definition) is 1. The predicted octanol–water partition coefficient (Wildman–Crippen LogP) is 2.17. The van der Waals surface area contributed by atoms with Gasteiger partial charge >= 0.3 is 5.97 Å². The highest BCUT2D eigenvalue weighted by atomic mass is 32.2. The highest BCUT2D eigenvalue weighted by Gasteiger charge is 2.15. The van der Waals surface area contributed by atoms with E-state index in [1.54, 1.807) is 23.7 Å². The quantitative estimate of drug-likeness (QED) is 0.915. The fourth-order valence-electron chi connectivity index (χ4n) is 1.98. The van der Waals surface area contributed by atoms with Gasteiger partial charge < -0.3 is 5.11 Å². The summed E-state index contributed by atoms with van der Waals surface area (Å²) in [5.74, 6) is -0.183. The molecule has 0 saturated heterocycles.